The fraction of sp³-hybridized carbons (Fsp3) is 0.450. The second kappa shape index (κ2) is 7.18. The van der Waals surface area contributed by atoms with Crippen LogP contribution in [-0.2, 0) is 15.9 Å². The van der Waals surface area contributed by atoms with Crippen molar-refractivity contribution in [2.24, 2.45) is 0 Å². The molecule has 2 aromatic heterocycles. The number of carbonyl (C=O) groups excluding carboxylic acids is 1. The number of rotatable bonds is 3. The lowest BCUT2D eigenvalue weighted by molar-refractivity contribution is -0.104. The molecule has 1 amide bonds. The van der Waals surface area contributed by atoms with Gasteiger partial charge in [-0.2, -0.15) is 0 Å². The molecular weight excluding hydrogens is 376 g/mol. The van der Waals surface area contributed by atoms with Crippen LogP contribution in [0.15, 0.2) is 17.6 Å². The van der Waals surface area contributed by atoms with E-state index >= 15 is 0 Å². The predicted molar refractivity (Wildman–Crippen MR) is 108 cm³/mol. The average Bonchev–Trinajstić information content (AvgIpc) is 3.30. The molecule has 28 heavy (non-hydrogen) atoms. The smallest absolute Gasteiger partial charge is 0.410 e. The van der Waals surface area contributed by atoms with Gasteiger partial charge in [0.2, 0.25) is 0 Å². The second-order valence-electron chi connectivity index (χ2n) is 7.31. The van der Waals surface area contributed by atoms with Gasteiger partial charge in [-0.15, -0.1) is 11.3 Å². The van der Waals surface area contributed by atoms with E-state index < -0.39 is 0 Å². The van der Waals surface area contributed by atoms with Crippen LogP contribution < -0.4 is 4.90 Å². The molecule has 7 nitrogen and oxygen atoms in total. The molecule has 2 fully saturated rings. The highest BCUT2D eigenvalue weighted by Gasteiger charge is 2.29. The molecule has 3 aliphatic rings. The van der Waals surface area contributed by atoms with Crippen LogP contribution >= 0.6 is 11.3 Å². The molecule has 2 saturated heterocycles. The lowest BCUT2D eigenvalue weighted by Gasteiger charge is -2.37. The van der Waals surface area contributed by atoms with Crippen molar-refractivity contribution in [1.29, 1.82) is 0 Å². The number of aromatic nitrogens is 2. The summed E-state index contributed by atoms with van der Waals surface area (Å²) >= 11 is 1.68. The lowest BCUT2D eigenvalue weighted by Crippen LogP contribution is -2.51. The number of fused-ring (bicyclic) bond motifs is 1. The van der Waals surface area contributed by atoms with E-state index in [1.165, 1.54) is 16.8 Å². The van der Waals surface area contributed by atoms with Gasteiger partial charge in [-0.1, -0.05) is 0 Å². The van der Waals surface area contributed by atoms with Crippen LogP contribution in [0, 0.1) is 6.92 Å². The Kier molecular flexibility index (Phi) is 4.52. The summed E-state index contributed by atoms with van der Waals surface area (Å²) in [6, 6.07) is 2.07. The van der Waals surface area contributed by atoms with Crippen LogP contribution in [0.2, 0.25) is 0 Å². The number of aryl methyl sites for hydroxylation is 1. The fourth-order valence-electron chi connectivity index (χ4n) is 3.79. The number of thiazole rings is 1. The summed E-state index contributed by atoms with van der Waals surface area (Å²) in [6.45, 7) is 5.95. The normalized spacial score (nSPS) is 19.2. The number of anilines is 1. The zero-order valence-corrected chi connectivity index (χ0v) is 16.6. The molecule has 0 N–H and O–H groups in total. The maximum absolute atomic E-state index is 12.2. The first-order chi connectivity index (χ1) is 13.7. The van der Waals surface area contributed by atoms with E-state index in [-0.39, 0.29) is 12.2 Å². The van der Waals surface area contributed by atoms with E-state index in [0.717, 1.165) is 35.9 Å². The summed E-state index contributed by atoms with van der Waals surface area (Å²) in [7, 11) is 0. The van der Waals surface area contributed by atoms with E-state index in [9.17, 15) is 4.79 Å². The standard InChI is InChI=1S/C20H22N4O3S/c1-13-22-18(12-28-13)14-8-16-17(9-14)21-3-2-19(16)23-4-6-24(7-5-23)20(25)27-15-10-26-11-15/h2-3,8,12,15H,4-7,9-11H2,1H3. The molecule has 8 heteroatoms. The maximum atomic E-state index is 12.2. The van der Waals surface area contributed by atoms with Crippen molar-refractivity contribution in [3.05, 3.63) is 39.6 Å². The van der Waals surface area contributed by atoms with Crippen LogP contribution in [0.3, 0.4) is 0 Å². The number of ether oxygens (including phenoxy) is 2. The first kappa shape index (κ1) is 17.6. The molecule has 0 radical (unpaired) electrons. The van der Waals surface area contributed by atoms with Crippen LogP contribution in [0.4, 0.5) is 10.5 Å². The van der Waals surface area contributed by atoms with E-state index in [1.807, 2.05) is 13.1 Å². The van der Waals surface area contributed by atoms with Crippen LogP contribution in [0.1, 0.15) is 22.0 Å². The quantitative estimate of drug-likeness (QED) is 0.792. The zero-order valence-electron chi connectivity index (χ0n) is 15.8. The molecule has 2 aliphatic heterocycles. The summed E-state index contributed by atoms with van der Waals surface area (Å²) in [5, 5.41) is 3.20. The third-order valence-electron chi connectivity index (χ3n) is 5.43. The van der Waals surface area contributed by atoms with Gasteiger partial charge in [-0.05, 0) is 24.6 Å². The summed E-state index contributed by atoms with van der Waals surface area (Å²) in [5.74, 6) is 0. The maximum Gasteiger partial charge on any atom is 0.410 e. The fourth-order valence-corrected chi connectivity index (χ4v) is 4.43. The van der Waals surface area contributed by atoms with Gasteiger partial charge in [0, 0.05) is 55.4 Å². The number of allylic oxidation sites excluding steroid dienone is 1. The number of carbonyl (C=O) groups is 1. The minimum atomic E-state index is -0.228. The Morgan fingerprint density at radius 3 is 2.79 bits per heavy atom. The Hall–Kier alpha value is -2.45. The van der Waals surface area contributed by atoms with Gasteiger partial charge >= 0.3 is 6.09 Å². The third-order valence-corrected chi connectivity index (χ3v) is 6.20. The molecule has 5 rings (SSSR count). The number of pyridine rings is 1. The van der Waals surface area contributed by atoms with Crippen molar-refractivity contribution >= 4 is 34.8 Å². The minimum Gasteiger partial charge on any atom is -0.441 e. The molecule has 4 heterocycles. The molecule has 2 aromatic rings. The predicted octanol–water partition coefficient (Wildman–Crippen LogP) is 2.60. The number of amides is 1. The van der Waals surface area contributed by atoms with Crippen LogP contribution in [0.5, 0.6) is 0 Å². The zero-order chi connectivity index (χ0) is 19.1. The Labute approximate surface area is 167 Å². The summed E-state index contributed by atoms with van der Waals surface area (Å²) in [4.78, 5) is 25.6. The topological polar surface area (TPSA) is 67.8 Å². The molecule has 0 spiro atoms. The van der Waals surface area contributed by atoms with Gasteiger partial charge in [0.05, 0.1) is 29.6 Å². The Balaban J connectivity index is 1.29. The monoisotopic (exact) mass is 398 g/mol. The Morgan fingerprint density at radius 2 is 2.11 bits per heavy atom. The summed E-state index contributed by atoms with van der Waals surface area (Å²) < 4.78 is 10.5. The Morgan fingerprint density at radius 1 is 1.29 bits per heavy atom. The van der Waals surface area contributed by atoms with Crippen molar-refractivity contribution in [2.45, 2.75) is 19.4 Å². The Bertz CT molecular complexity index is 929. The van der Waals surface area contributed by atoms with Crippen LogP contribution in [-0.4, -0.2) is 66.5 Å². The number of nitrogens with zero attached hydrogens (tertiary/aromatic N) is 4. The SMILES string of the molecule is Cc1nc(C2=Cc3c(N4CCN(C(=O)OC5COC5)CC4)ccnc3C2)cs1. The van der Waals surface area contributed by atoms with Gasteiger partial charge in [0.25, 0.3) is 0 Å². The first-order valence-corrected chi connectivity index (χ1v) is 10.4. The van der Waals surface area contributed by atoms with E-state index in [0.29, 0.717) is 26.3 Å². The summed E-state index contributed by atoms with van der Waals surface area (Å²) in [5.41, 5.74) is 5.76. The highest BCUT2D eigenvalue weighted by Crippen LogP contribution is 2.36. The lowest BCUT2D eigenvalue weighted by atomic mass is 10.1. The van der Waals surface area contributed by atoms with E-state index in [4.69, 9.17) is 9.47 Å². The molecule has 0 unspecified atom stereocenters. The molecule has 1 aliphatic carbocycles. The number of hydrogen-bond donors (Lipinski definition) is 0. The van der Waals surface area contributed by atoms with E-state index in [1.54, 1.807) is 16.2 Å². The molecule has 0 atom stereocenters. The molecule has 0 saturated carbocycles. The third kappa shape index (κ3) is 3.27. The largest absolute Gasteiger partial charge is 0.441 e. The number of hydrogen-bond acceptors (Lipinski definition) is 7. The first-order valence-electron chi connectivity index (χ1n) is 9.56. The van der Waals surface area contributed by atoms with Gasteiger partial charge < -0.3 is 19.3 Å². The average molecular weight is 398 g/mol. The second-order valence-corrected chi connectivity index (χ2v) is 8.37. The van der Waals surface area contributed by atoms with Gasteiger partial charge in [0.15, 0.2) is 6.10 Å². The van der Waals surface area contributed by atoms with Crippen molar-refractivity contribution in [2.75, 3.05) is 44.3 Å². The van der Waals surface area contributed by atoms with Gasteiger partial charge in [-0.25, -0.2) is 9.78 Å². The van der Waals surface area contributed by atoms with Crippen molar-refractivity contribution in [1.82, 2.24) is 14.9 Å². The highest BCUT2D eigenvalue weighted by atomic mass is 32.1. The minimum absolute atomic E-state index is 0.0769. The van der Waals surface area contributed by atoms with Crippen molar-refractivity contribution in [3.8, 4) is 0 Å². The van der Waals surface area contributed by atoms with Crippen molar-refractivity contribution in [3.63, 3.8) is 0 Å². The molecule has 0 aromatic carbocycles. The summed E-state index contributed by atoms with van der Waals surface area (Å²) in [6.07, 6.45) is 4.63. The van der Waals surface area contributed by atoms with Gasteiger partial charge in [0.1, 0.15) is 0 Å². The van der Waals surface area contributed by atoms with Gasteiger partial charge in [-0.3, -0.25) is 4.98 Å². The van der Waals surface area contributed by atoms with Crippen LogP contribution in [0.25, 0.3) is 11.6 Å². The van der Waals surface area contributed by atoms with Crippen molar-refractivity contribution < 1.29 is 14.3 Å². The van der Waals surface area contributed by atoms with E-state index in [2.05, 4.69) is 32.4 Å². The highest BCUT2D eigenvalue weighted by molar-refractivity contribution is 7.09. The molecule has 0 bridgehead atoms. The number of piperazine rings is 1. The molecule has 146 valence electrons. The molecular formula is C20H22N4O3S.